The van der Waals surface area contributed by atoms with Crippen molar-refractivity contribution >= 4 is 51.8 Å². The molecule has 0 saturated carbocycles. The number of aryl methyl sites for hydroxylation is 2. The molecule has 1 fully saturated rings. The standard InChI is InChI=1S/C26H28N4O2S/c1-5-28(6-2)24(31)16-29-15-19(21-9-7-8-10-23(21)29)14-22-25(32)30(26(33)27-22)20-12-11-17(3)18(4)13-20/h7-15H,5-6,16H2,1-4H3,(H,27,33)/b22-14-. The van der Waals surface area contributed by atoms with E-state index in [-0.39, 0.29) is 18.4 Å². The van der Waals surface area contributed by atoms with Gasteiger partial charge in [0.15, 0.2) is 5.11 Å². The van der Waals surface area contributed by atoms with Crippen LogP contribution in [0.25, 0.3) is 17.0 Å². The predicted octanol–water partition coefficient (Wildman–Crippen LogP) is 4.39. The van der Waals surface area contributed by atoms with Gasteiger partial charge in [0, 0.05) is 35.8 Å². The normalized spacial score (nSPS) is 14.9. The Bertz CT molecular complexity index is 1290. The molecule has 2 heterocycles. The summed E-state index contributed by atoms with van der Waals surface area (Å²) in [6.07, 6.45) is 3.74. The van der Waals surface area contributed by atoms with Gasteiger partial charge in [0.1, 0.15) is 12.2 Å². The minimum atomic E-state index is -0.195. The zero-order chi connectivity index (χ0) is 23.7. The van der Waals surface area contributed by atoms with Gasteiger partial charge in [0.25, 0.3) is 5.91 Å². The fourth-order valence-electron chi connectivity index (χ4n) is 4.13. The Hall–Kier alpha value is -3.45. The quantitative estimate of drug-likeness (QED) is 0.438. The van der Waals surface area contributed by atoms with E-state index in [2.05, 4.69) is 5.32 Å². The first-order chi connectivity index (χ1) is 15.8. The van der Waals surface area contributed by atoms with Crippen LogP contribution in [-0.4, -0.2) is 39.5 Å². The van der Waals surface area contributed by atoms with E-state index in [0.717, 1.165) is 33.3 Å². The third-order valence-electron chi connectivity index (χ3n) is 6.17. The largest absolute Gasteiger partial charge is 0.342 e. The Morgan fingerprint density at radius 3 is 2.52 bits per heavy atom. The highest BCUT2D eigenvalue weighted by Gasteiger charge is 2.32. The van der Waals surface area contributed by atoms with Crippen molar-refractivity contribution in [2.24, 2.45) is 0 Å². The molecule has 0 spiro atoms. The third kappa shape index (κ3) is 4.28. The number of aromatic nitrogens is 1. The number of carbonyl (C=O) groups is 2. The van der Waals surface area contributed by atoms with Crippen molar-refractivity contribution in [2.45, 2.75) is 34.2 Å². The number of nitrogens with one attached hydrogen (secondary N) is 1. The number of nitrogens with zero attached hydrogens (tertiary/aromatic N) is 3. The van der Waals surface area contributed by atoms with Crippen molar-refractivity contribution in [1.82, 2.24) is 14.8 Å². The molecule has 0 bridgehead atoms. The summed E-state index contributed by atoms with van der Waals surface area (Å²) in [6, 6.07) is 13.8. The highest BCUT2D eigenvalue weighted by Crippen LogP contribution is 2.28. The number of rotatable bonds is 6. The summed E-state index contributed by atoms with van der Waals surface area (Å²) < 4.78 is 1.95. The number of anilines is 1. The van der Waals surface area contributed by atoms with Crippen molar-refractivity contribution in [3.8, 4) is 0 Å². The zero-order valence-electron chi connectivity index (χ0n) is 19.4. The molecule has 170 valence electrons. The number of hydrogen-bond acceptors (Lipinski definition) is 3. The molecule has 0 aliphatic carbocycles. The van der Waals surface area contributed by atoms with E-state index in [0.29, 0.717) is 23.9 Å². The van der Waals surface area contributed by atoms with Crippen LogP contribution in [0.5, 0.6) is 0 Å². The molecular formula is C26H28N4O2S. The minimum absolute atomic E-state index is 0.0668. The maximum atomic E-state index is 13.2. The molecule has 4 rings (SSSR count). The molecule has 1 saturated heterocycles. The number of likely N-dealkylation sites (N-methyl/N-ethyl adjacent to an activating group) is 1. The summed E-state index contributed by atoms with van der Waals surface area (Å²) in [7, 11) is 0. The van der Waals surface area contributed by atoms with Gasteiger partial charge in [-0.3, -0.25) is 14.5 Å². The number of thiocarbonyl (C=S) groups is 1. The lowest BCUT2D eigenvalue weighted by Gasteiger charge is -2.19. The first-order valence-corrected chi connectivity index (χ1v) is 11.5. The molecule has 0 radical (unpaired) electrons. The summed E-state index contributed by atoms with van der Waals surface area (Å²) in [6.45, 7) is 9.61. The first kappa shape index (κ1) is 22.7. The van der Waals surface area contributed by atoms with E-state index in [1.807, 2.05) is 91.9 Å². The first-order valence-electron chi connectivity index (χ1n) is 11.1. The van der Waals surface area contributed by atoms with Crippen LogP contribution in [-0.2, 0) is 16.1 Å². The summed E-state index contributed by atoms with van der Waals surface area (Å²) >= 11 is 5.48. The second-order valence-corrected chi connectivity index (χ2v) is 8.58. The van der Waals surface area contributed by atoms with E-state index in [4.69, 9.17) is 12.2 Å². The van der Waals surface area contributed by atoms with E-state index < -0.39 is 0 Å². The maximum absolute atomic E-state index is 13.2. The zero-order valence-corrected chi connectivity index (χ0v) is 20.2. The summed E-state index contributed by atoms with van der Waals surface area (Å²) in [4.78, 5) is 29.3. The fraction of sp³-hybridized carbons (Fsp3) is 0.269. The van der Waals surface area contributed by atoms with Crippen LogP contribution in [0, 0.1) is 13.8 Å². The second-order valence-electron chi connectivity index (χ2n) is 8.19. The van der Waals surface area contributed by atoms with Crippen molar-refractivity contribution in [3.05, 3.63) is 71.0 Å². The molecule has 1 aromatic heterocycles. The molecule has 0 unspecified atom stereocenters. The minimum Gasteiger partial charge on any atom is -0.342 e. The lowest BCUT2D eigenvalue weighted by Crippen LogP contribution is -2.33. The number of para-hydroxylation sites is 1. The van der Waals surface area contributed by atoms with Gasteiger partial charge in [-0.2, -0.15) is 0 Å². The van der Waals surface area contributed by atoms with Gasteiger partial charge in [-0.05, 0) is 75.3 Å². The highest BCUT2D eigenvalue weighted by molar-refractivity contribution is 7.80. The number of benzene rings is 2. The van der Waals surface area contributed by atoms with Crippen LogP contribution < -0.4 is 10.2 Å². The number of fused-ring (bicyclic) bond motifs is 1. The fourth-order valence-corrected chi connectivity index (χ4v) is 4.43. The molecule has 1 aliphatic rings. The van der Waals surface area contributed by atoms with Gasteiger partial charge in [0.2, 0.25) is 5.91 Å². The average molecular weight is 461 g/mol. The van der Waals surface area contributed by atoms with Crippen LogP contribution in [0.3, 0.4) is 0 Å². The Labute approximate surface area is 199 Å². The van der Waals surface area contributed by atoms with E-state index >= 15 is 0 Å². The predicted molar refractivity (Wildman–Crippen MR) is 137 cm³/mol. The second kappa shape index (κ2) is 9.19. The molecular weight excluding hydrogens is 432 g/mol. The van der Waals surface area contributed by atoms with Crippen molar-refractivity contribution < 1.29 is 9.59 Å². The molecule has 6 nitrogen and oxygen atoms in total. The Kier molecular flexibility index (Phi) is 6.33. The summed E-state index contributed by atoms with van der Waals surface area (Å²) in [5.74, 6) is -0.128. The Balaban J connectivity index is 1.69. The van der Waals surface area contributed by atoms with Crippen LogP contribution in [0.15, 0.2) is 54.4 Å². The molecule has 1 aliphatic heterocycles. The molecule has 33 heavy (non-hydrogen) atoms. The average Bonchev–Trinajstić information content (AvgIpc) is 3.28. The summed E-state index contributed by atoms with van der Waals surface area (Å²) in [5, 5.41) is 4.40. The Morgan fingerprint density at radius 2 is 1.82 bits per heavy atom. The molecule has 3 aromatic rings. The smallest absolute Gasteiger partial charge is 0.281 e. The van der Waals surface area contributed by atoms with Gasteiger partial charge < -0.3 is 14.8 Å². The van der Waals surface area contributed by atoms with Gasteiger partial charge in [-0.1, -0.05) is 24.3 Å². The van der Waals surface area contributed by atoms with E-state index in [9.17, 15) is 9.59 Å². The van der Waals surface area contributed by atoms with Crippen LogP contribution in [0.2, 0.25) is 0 Å². The van der Waals surface area contributed by atoms with E-state index in [1.165, 1.54) is 4.90 Å². The molecule has 7 heteroatoms. The van der Waals surface area contributed by atoms with Crippen molar-refractivity contribution in [2.75, 3.05) is 18.0 Å². The van der Waals surface area contributed by atoms with E-state index in [1.54, 1.807) is 0 Å². The number of hydrogen-bond donors (Lipinski definition) is 1. The van der Waals surface area contributed by atoms with Crippen LogP contribution in [0.1, 0.15) is 30.5 Å². The lowest BCUT2D eigenvalue weighted by molar-refractivity contribution is -0.131. The number of carbonyl (C=O) groups excluding carboxylic acids is 2. The highest BCUT2D eigenvalue weighted by atomic mass is 32.1. The van der Waals surface area contributed by atoms with Crippen molar-refractivity contribution in [1.29, 1.82) is 0 Å². The molecule has 2 amide bonds. The van der Waals surface area contributed by atoms with Crippen LogP contribution in [0.4, 0.5) is 5.69 Å². The van der Waals surface area contributed by atoms with Gasteiger partial charge >= 0.3 is 0 Å². The molecule has 2 aromatic carbocycles. The SMILES string of the molecule is CCN(CC)C(=O)Cn1cc(/C=C2\NC(=S)N(c3ccc(C)c(C)c3)C2=O)c2ccccc21. The monoisotopic (exact) mass is 460 g/mol. The molecule has 1 N–H and O–H groups in total. The third-order valence-corrected chi connectivity index (χ3v) is 6.45. The van der Waals surface area contributed by atoms with Gasteiger partial charge in [0.05, 0.1) is 5.69 Å². The van der Waals surface area contributed by atoms with Gasteiger partial charge in [-0.15, -0.1) is 0 Å². The summed E-state index contributed by atoms with van der Waals surface area (Å²) in [5.41, 5.74) is 5.23. The Morgan fingerprint density at radius 1 is 1.09 bits per heavy atom. The molecule has 0 atom stereocenters. The lowest BCUT2D eigenvalue weighted by atomic mass is 10.1. The van der Waals surface area contributed by atoms with Crippen molar-refractivity contribution in [3.63, 3.8) is 0 Å². The van der Waals surface area contributed by atoms with Crippen LogP contribution >= 0.6 is 12.2 Å². The number of amides is 2. The topological polar surface area (TPSA) is 57.6 Å². The van der Waals surface area contributed by atoms with Gasteiger partial charge in [-0.25, -0.2) is 0 Å². The maximum Gasteiger partial charge on any atom is 0.281 e.